The van der Waals surface area contributed by atoms with Crippen molar-refractivity contribution in [3.8, 4) is 34.8 Å². The van der Waals surface area contributed by atoms with Crippen LogP contribution in [0, 0.1) is 11.3 Å². The summed E-state index contributed by atoms with van der Waals surface area (Å²) in [6.45, 7) is 0. The number of nitrogens with two attached hydrogens (primary N) is 1. The molecule has 0 saturated heterocycles. The van der Waals surface area contributed by atoms with Crippen LogP contribution in [0.15, 0.2) is 84.3 Å². The minimum absolute atomic E-state index is 0.0389. The number of benzene rings is 4. The van der Waals surface area contributed by atoms with E-state index in [0.717, 1.165) is 16.3 Å². The van der Waals surface area contributed by atoms with Crippen LogP contribution in [-0.4, -0.2) is 27.3 Å². The molecule has 2 N–H and O–H groups in total. The van der Waals surface area contributed by atoms with Gasteiger partial charge in [-0.3, -0.25) is 4.79 Å². The Kier molecular flexibility index (Phi) is 6.98. The predicted octanol–water partition coefficient (Wildman–Crippen LogP) is 5.23. The first kappa shape index (κ1) is 25.5. The summed E-state index contributed by atoms with van der Waals surface area (Å²) in [7, 11) is 4.56. The van der Waals surface area contributed by atoms with Gasteiger partial charge < -0.3 is 29.4 Å². The summed E-state index contributed by atoms with van der Waals surface area (Å²) in [4.78, 5) is 12.9. The van der Waals surface area contributed by atoms with E-state index >= 15 is 0 Å². The van der Waals surface area contributed by atoms with Gasteiger partial charge in [0.05, 0.1) is 33.7 Å². The van der Waals surface area contributed by atoms with Crippen LogP contribution in [0.25, 0.3) is 10.8 Å². The lowest BCUT2D eigenvalue weighted by atomic mass is 9.83. The number of allylic oxidation sites excluding steroid dienone is 1. The van der Waals surface area contributed by atoms with E-state index in [0.29, 0.717) is 39.9 Å². The van der Waals surface area contributed by atoms with Crippen molar-refractivity contribution in [2.75, 3.05) is 21.3 Å². The molecule has 4 aromatic carbocycles. The Bertz CT molecular complexity index is 1620. The number of nitriles is 1. The molecule has 1 heterocycles. The van der Waals surface area contributed by atoms with Crippen LogP contribution in [0.3, 0.4) is 0 Å². The normalized spacial score (nSPS) is 14.2. The lowest BCUT2D eigenvalue weighted by molar-refractivity contribution is -0.133. The Hall–Kier alpha value is -5.16. The second kappa shape index (κ2) is 10.7. The van der Waals surface area contributed by atoms with Crippen molar-refractivity contribution in [1.82, 2.24) is 0 Å². The fraction of sp³-hybridized carbons (Fsp3) is 0.161. The minimum atomic E-state index is -0.576. The number of carbonyl (C=O) groups excluding carboxylic acids is 1. The highest BCUT2D eigenvalue weighted by atomic mass is 16.5. The van der Waals surface area contributed by atoms with Crippen molar-refractivity contribution in [1.29, 1.82) is 5.26 Å². The molecule has 8 heteroatoms. The second-order valence-electron chi connectivity index (χ2n) is 8.87. The third-order valence-corrected chi connectivity index (χ3v) is 6.66. The fourth-order valence-corrected chi connectivity index (χ4v) is 4.88. The van der Waals surface area contributed by atoms with Gasteiger partial charge in [0.2, 0.25) is 11.6 Å². The van der Waals surface area contributed by atoms with Gasteiger partial charge in [0.15, 0.2) is 11.5 Å². The van der Waals surface area contributed by atoms with Crippen molar-refractivity contribution in [2.24, 2.45) is 5.73 Å². The summed E-state index contributed by atoms with van der Waals surface area (Å²) in [6, 6.07) is 24.5. The molecule has 1 atom stereocenters. The summed E-state index contributed by atoms with van der Waals surface area (Å²) in [5, 5.41) is 12.0. The Morgan fingerprint density at radius 2 is 1.67 bits per heavy atom. The number of methoxy groups -OCH3 is 3. The van der Waals surface area contributed by atoms with Gasteiger partial charge in [-0.15, -0.1) is 0 Å². The SMILES string of the molecule is COc1cc(C2C(C#N)=C(N)Oc3cc(OC(=O)Cc4cccc5ccccc45)ccc32)cc(OC)c1OC. The number of hydrogen-bond donors (Lipinski definition) is 1. The average molecular weight is 523 g/mol. The van der Waals surface area contributed by atoms with E-state index in [4.69, 9.17) is 29.4 Å². The topological polar surface area (TPSA) is 113 Å². The van der Waals surface area contributed by atoms with Gasteiger partial charge in [-0.2, -0.15) is 5.26 Å². The van der Waals surface area contributed by atoms with Crippen LogP contribution < -0.4 is 29.4 Å². The van der Waals surface area contributed by atoms with E-state index in [9.17, 15) is 10.1 Å². The fourth-order valence-electron chi connectivity index (χ4n) is 4.88. The summed E-state index contributed by atoms with van der Waals surface area (Å²) in [5.41, 5.74) is 8.64. The number of hydrogen-bond acceptors (Lipinski definition) is 8. The summed E-state index contributed by atoms with van der Waals surface area (Å²) in [6.07, 6.45) is 0.105. The zero-order valence-electron chi connectivity index (χ0n) is 21.7. The zero-order chi connectivity index (χ0) is 27.5. The minimum Gasteiger partial charge on any atom is -0.493 e. The maximum Gasteiger partial charge on any atom is 0.315 e. The van der Waals surface area contributed by atoms with Gasteiger partial charge in [0.25, 0.3) is 0 Å². The zero-order valence-corrected chi connectivity index (χ0v) is 21.7. The largest absolute Gasteiger partial charge is 0.493 e. The summed E-state index contributed by atoms with van der Waals surface area (Å²) in [5.74, 6) is 0.960. The van der Waals surface area contributed by atoms with Crippen LogP contribution in [-0.2, 0) is 11.2 Å². The van der Waals surface area contributed by atoms with Crippen LogP contribution in [0.5, 0.6) is 28.7 Å². The first-order valence-corrected chi connectivity index (χ1v) is 12.2. The van der Waals surface area contributed by atoms with Gasteiger partial charge in [-0.25, -0.2) is 0 Å². The molecule has 8 nitrogen and oxygen atoms in total. The highest BCUT2D eigenvalue weighted by molar-refractivity contribution is 5.89. The van der Waals surface area contributed by atoms with Crippen LogP contribution >= 0.6 is 0 Å². The molecule has 0 fully saturated rings. The molecule has 1 aliphatic heterocycles. The lowest BCUT2D eigenvalue weighted by Crippen LogP contribution is -2.21. The molecule has 0 spiro atoms. The highest BCUT2D eigenvalue weighted by Crippen LogP contribution is 2.47. The molecule has 0 radical (unpaired) electrons. The number of ether oxygens (including phenoxy) is 5. The average Bonchev–Trinajstić information content (AvgIpc) is 2.95. The van der Waals surface area contributed by atoms with E-state index < -0.39 is 11.9 Å². The van der Waals surface area contributed by atoms with Crippen molar-refractivity contribution in [2.45, 2.75) is 12.3 Å². The second-order valence-corrected chi connectivity index (χ2v) is 8.87. The van der Waals surface area contributed by atoms with E-state index in [1.54, 1.807) is 30.3 Å². The molecule has 0 amide bonds. The molecule has 0 bridgehead atoms. The van der Waals surface area contributed by atoms with E-state index in [-0.39, 0.29) is 17.9 Å². The van der Waals surface area contributed by atoms with Crippen LogP contribution in [0.1, 0.15) is 22.6 Å². The number of carbonyl (C=O) groups is 1. The maximum absolute atomic E-state index is 12.9. The molecule has 196 valence electrons. The monoisotopic (exact) mass is 522 g/mol. The van der Waals surface area contributed by atoms with Crippen molar-refractivity contribution in [3.05, 3.63) is 101 Å². The molecule has 0 aromatic heterocycles. The Morgan fingerprint density at radius 3 is 2.36 bits per heavy atom. The Morgan fingerprint density at radius 1 is 0.949 bits per heavy atom. The predicted molar refractivity (Wildman–Crippen MR) is 145 cm³/mol. The van der Waals surface area contributed by atoms with E-state index in [2.05, 4.69) is 6.07 Å². The van der Waals surface area contributed by atoms with Gasteiger partial charge in [0.1, 0.15) is 23.1 Å². The van der Waals surface area contributed by atoms with Crippen molar-refractivity contribution < 1.29 is 28.5 Å². The van der Waals surface area contributed by atoms with Crippen molar-refractivity contribution >= 4 is 16.7 Å². The molecule has 1 unspecified atom stereocenters. The molecule has 0 aliphatic carbocycles. The third-order valence-electron chi connectivity index (χ3n) is 6.66. The van der Waals surface area contributed by atoms with E-state index in [1.165, 1.54) is 21.3 Å². The summed E-state index contributed by atoms with van der Waals surface area (Å²) < 4.78 is 27.9. The summed E-state index contributed by atoms with van der Waals surface area (Å²) >= 11 is 0. The number of rotatable bonds is 7. The third kappa shape index (κ3) is 4.78. The Balaban J connectivity index is 1.47. The van der Waals surface area contributed by atoms with Gasteiger partial charge >= 0.3 is 5.97 Å². The molecular formula is C31H26N2O6. The molecule has 1 aliphatic rings. The van der Waals surface area contributed by atoms with Crippen LogP contribution in [0.4, 0.5) is 0 Å². The van der Waals surface area contributed by atoms with Crippen molar-refractivity contribution in [3.63, 3.8) is 0 Å². The molecular weight excluding hydrogens is 496 g/mol. The lowest BCUT2D eigenvalue weighted by Gasteiger charge is -2.27. The standard InChI is InChI=1S/C31H26N2O6/c1-35-26-13-20(14-27(36-2)30(26)37-3)29-23-12-11-21(16-25(23)39-31(33)24(29)17-32)38-28(34)15-19-9-6-8-18-7-4-5-10-22(18)19/h4-14,16,29H,15,33H2,1-3H3. The van der Waals surface area contributed by atoms with E-state index in [1.807, 2.05) is 42.5 Å². The first-order valence-electron chi connectivity index (χ1n) is 12.2. The molecule has 39 heavy (non-hydrogen) atoms. The smallest absolute Gasteiger partial charge is 0.315 e. The van der Waals surface area contributed by atoms with Crippen LogP contribution in [0.2, 0.25) is 0 Å². The quantitative estimate of drug-likeness (QED) is 0.259. The molecule has 4 aromatic rings. The Labute approximate surface area is 225 Å². The number of fused-ring (bicyclic) bond motifs is 2. The van der Waals surface area contributed by atoms with Gasteiger partial charge in [-0.05, 0) is 40.1 Å². The van der Waals surface area contributed by atoms with Gasteiger partial charge in [-0.1, -0.05) is 48.5 Å². The number of esters is 1. The maximum atomic E-state index is 12.9. The van der Waals surface area contributed by atoms with Gasteiger partial charge in [0, 0.05) is 11.6 Å². The number of nitrogens with zero attached hydrogens (tertiary/aromatic N) is 1. The highest BCUT2D eigenvalue weighted by Gasteiger charge is 2.32. The molecule has 0 saturated carbocycles. The first-order chi connectivity index (χ1) is 19.0. The molecule has 5 rings (SSSR count).